The average Bonchev–Trinajstić information content (AvgIpc) is 2.92. The quantitative estimate of drug-likeness (QED) is 0.659. The predicted octanol–water partition coefficient (Wildman–Crippen LogP) is 1.43. The van der Waals surface area contributed by atoms with Gasteiger partial charge in [-0.05, 0) is 18.5 Å². The van der Waals surface area contributed by atoms with Crippen LogP contribution in [0.5, 0.6) is 0 Å². The van der Waals surface area contributed by atoms with E-state index in [1.807, 2.05) is 6.92 Å². The number of hydrogen-bond donors (Lipinski definition) is 1. The third kappa shape index (κ3) is 1.69. The van der Waals surface area contributed by atoms with E-state index in [2.05, 4.69) is 14.9 Å². The van der Waals surface area contributed by atoms with Crippen LogP contribution >= 0.6 is 23.2 Å². The molecule has 2 aliphatic rings. The number of anilines is 1. The second-order valence-electron chi connectivity index (χ2n) is 4.86. The number of nitrogens with zero attached hydrogens (tertiary/aromatic N) is 3. The van der Waals surface area contributed by atoms with Crippen molar-refractivity contribution in [2.24, 2.45) is 0 Å². The highest BCUT2D eigenvalue weighted by Crippen LogP contribution is 2.42. The van der Waals surface area contributed by atoms with Crippen LogP contribution in [-0.4, -0.2) is 46.5 Å². The molecule has 0 aromatic carbocycles. The number of aromatic nitrogens is 2. The van der Waals surface area contributed by atoms with Crippen molar-refractivity contribution in [3.8, 4) is 0 Å². The van der Waals surface area contributed by atoms with Crippen LogP contribution in [0.3, 0.4) is 0 Å². The van der Waals surface area contributed by atoms with Crippen LogP contribution in [-0.2, 0) is 4.74 Å². The molecule has 2 atom stereocenters. The molecule has 98 valence electrons. The van der Waals surface area contributed by atoms with Crippen LogP contribution in [0.15, 0.2) is 0 Å². The molecule has 18 heavy (non-hydrogen) atoms. The van der Waals surface area contributed by atoms with Crippen molar-refractivity contribution in [2.45, 2.75) is 25.0 Å². The molecule has 0 spiro atoms. The minimum absolute atomic E-state index is 0.0299. The van der Waals surface area contributed by atoms with Crippen LogP contribution in [0, 0.1) is 6.92 Å². The minimum Gasteiger partial charge on any atom is -0.394 e. The SMILES string of the molecule is Cc1c(Cl)nc(Cl)nc1N1C[C@@H]2C[C@@]1(CO)CO2. The highest BCUT2D eigenvalue weighted by molar-refractivity contribution is 6.32. The summed E-state index contributed by atoms with van der Waals surface area (Å²) in [7, 11) is 0. The molecular weight excluding hydrogens is 277 g/mol. The number of ether oxygens (including phenoxy) is 1. The van der Waals surface area contributed by atoms with Gasteiger partial charge in [-0.15, -0.1) is 0 Å². The minimum atomic E-state index is -0.392. The van der Waals surface area contributed by atoms with E-state index in [1.165, 1.54) is 0 Å². The van der Waals surface area contributed by atoms with Gasteiger partial charge in [0.25, 0.3) is 0 Å². The van der Waals surface area contributed by atoms with Crippen molar-refractivity contribution in [2.75, 3.05) is 24.7 Å². The van der Waals surface area contributed by atoms with Gasteiger partial charge in [-0.3, -0.25) is 0 Å². The third-order valence-electron chi connectivity index (χ3n) is 3.74. The van der Waals surface area contributed by atoms with Crippen molar-refractivity contribution >= 4 is 29.0 Å². The molecule has 2 aliphatic heterocycles. The molecule has 3 heterocycles. The maximum absolute atomic E-state index is 9.67. The molecular formula is C11H13Cl2N3O2. The van der Waals surface area contributed by atoms with Crippen molar-refractivity contribution in [3.05, 3.63) is 16.0 Å². The van der Waals surface area contributed by atoms with Crippen LogP contribution < -0.4 is 4.90 Å². The Bertz CT molecular complexity index is 499. The Morgan fingerprint density at radius 1 is 1.50 bits per heavy atom. The first-order chi connectivity index (χ1) is 8.55. The first-order valence-corrected chi connectivity index (χ1v) is 6.51. The lowest BCUT2D eigenvalue weighted by atomic mass is 10.00. The highest BCUT2D eigenvalue weighted by atomic mass is 35.5. The van der Waals surface area contributed by atoms with Gasteiger partial charge in [0, 0.05) is 18.5 Å². The predicted molar refractivity (Wildman–Crippen MR) is 68.3 cm³/mol. The van der Waals surface area contributed by atoms with Crippen molar-refractivity contribution < 1.29 is 9.84 Å². The van der Waals surface area contributed by atoms with E-state index in [0.717, 1.165) is 12.0 Å². The molecule has 3 rings (SSSR count). The number of aliphatic hydroxyl groups is 1. The Hall–Kier alpha value is -0.620. The maximum Gasteiger partial charge on any atom is 0.225 e. The van der Waals surface area contributed by atoms with Gasteiger partial charge in [-0.25, -0.2) is 9.97 Å². The molecule has 1 N–H and O–H groups in total. The van der Waals surface area contributed by atoms with Crippen LogP contribution in [0.2, 0.25) is 10.4 Å². The van der Waals surface area contributed by atoms with E-state index in [-0.39, 0.29) is 18.0 Å². The van der Waals surface area contributed by atoms with Crippen molar-refractivity contribution in [1.29, 1.82) is 0 Å². The second-order valence-corrected chi connectivity index (χ2v) is 5.56. The van der Waals surface area contributed by atoms with Crippen LogP contribution in [0.1, 0.15) is 12.0 Å². The summed E-state index contributed by atoms with van der Waals surface area (Å²) >= 11 is 11.9. The molecule has 0 unspecified atom stereocenters. The average molecular weight is 290 g/mol. The van der Waals surface area contributed by atoms with E-state index >= 15 is 0 Å². The smallest absolute Gasteiger partial charge is 0.225 e. The Kier molecular flexibility index (Phi) is 2.90. The Morgan fingerprint density at radius 2 is 2.28 bits per heavy atom. The van der Waals surface area contributed by atoms with Gasteiger partial charge in [0.05, 0.1) is 24.9 Å². The Balaban J connectivity index is 2.06. The van der Waals surface area contributed by atoms with Crippen LogP contribution in [0.4, 0.5) is 5.82 Å². The van der Waals surface area contributed by atoms with Gasteiger partial charge < -0.3 is 14.7 Å². The molecule has 0 aliphatic carbocycles. The number of hydrogen-bond acceptors (Lipinski definition) is 5. The van der Waals surface area contributed by atoms with E-state index in [9.17, 15) is 5.11 Å². The molecule has 1 aromatic rings. The standard InChI is InChI=1S/C11H13Cl2N3O2/c1-6-8(12)14-10(13)15-9(6)16-3-7-2-11(16,4-17)5-18-7/h7,17H,2-5H2,1H3/t7-,11+/m0/s1. The summed E-state index contributed by atoms with van der Waals surface area (Å²) in [6, 6.07) is 0. The molecule has 2 bridgehead atoms. The number of halogens is 2. The molecule has 0 radical (unpaired) electrons. The Morgan fingerprint density at radius 3 is 2.94 bits per heavy atom. The molecule has 5 nitrogen and oxygen atoms in total. The van der Waals surface area contributed by atoms with Gasteiger partial charge in [0.2, 0.25) is 5.28 Å². The fraction of sp³-hybridized carbons (Fsp3) is 0.636. The van der Waals surface area contributed by atoms with Crippen LogP contribution in [0.25, 0.3) is 0 Å². The van der Waals surface area contributed by atoms with Gasteiger partial charge in [-0.2, -0.15) is 0 Å². The number of fused-ring (bicyclic) bond motifs is 2. The molecule has 2 fully saturated rings. The fourth-order valence-corrected chi connectivity index (χ4v) is 3.11. The van der Waals surface area contributed by atoms with E-state index in [4.69, 9.17) is 27.9 Å². The number of aliphatic hydroxyl groups excluding tert-OH is 1. The van der Waals surface area contributed by atoms with E-state index in [1.54, 1.807) is 0 Å². The maximum atomic E-state index is 9.67. The molecule has 1 aromatic heterocycles. The first kappa shape index (κ1) is 12.4. The third-order valence-corrected chi connectivity index (χ3v) is 4.27. The van der Waals surface area contributed by atoms with Crippen molar-refractivity contribution in [3.63, 3.8) is 0 Å². The summed E-state index contributed by atoms with van der Waals surface area (Å²) in [5.41, 5.74) is 0.387. The van der Waals surface area contributed by atoms with Crippen molar-refractivity contribution in [1.82, 2.24) is 9.97 Å². The molecule has 7 heteroatoms. The summed E-state index contributed by atoms with van der Waals surface area (Å²) in [6.07, 6.45) is 0.950. The fourth-order valence-electron chi connectivity index (χ4n) is 2.74. The van der Waals surface area contributed by atoms with E-state index < -0.39 is 5.54 Å². The zero-order valence-corrected chi connectivity index (χ0v) is 11.4. The highest BCUT2D eigenvalue weighted by Gasteiger charge is 2.52. The van der Waals surface area contributed by atoms with E-state index in [0.29, 0.717) is 24.1 Å². The zero-order valence-electron chi connectivity index (χ0n) is 9.86. The molecule has 0 amide bonds. The van der Waals surface area contributed by atoms with Gasteiger partial charge in [-0.1, -0.05) is 11.6 Å². The lowest BCUT2D eigenvalue weighted by Gasteiger charge is -2.38. The lowest BCUT2D eigenvalue weighted by Crippen LogP contribution is -2.52. The normalized spacial score (nSPS) is 30.2. The summed E-state index contributed by atoms with van der Waals surface area (Å²) in [5, 5.41) is 10.1. The van der Waals surface area contributed by atoms with Gasteiger partial charge >= 0.3 is 0 Å². The summed E-state index contributed by atoms with van der Waals surface area (Å²) in [4.78, 5) is 10.2. The lowest BCUT2D eigenvalue weighted by molar-refractivity contribution is 0.0685. The van der Waals surface area contributed by atoms with Gasteiger partial charge in [0.15, 0.2) is 0 Å². The summed E-state index contributed by atoms with van der Waals surface area (Å²) in [5.74, 6) is 0.694. The zero-order chi connectivity index (χ0) is 12.9. The monoisotopic (exact) mass is 289 g/mol. The molecule has 2 saturated heterocycles. The topological polar surface area (TPSA) is 58.5 Å². The Labute approximate surface area is 115 Å². The largest absolute Gasteiger partial charge is 0.394 e. The number of morpholine rings is 1. The summed E-state index contributed by atoms with van der Waals surface area (Å²) in [6.45, 7) is 3.09. The summed E-state index contributed by atoms with van der Waals surface area (Å²) < 4.78 is 5.59. The van der Waals surface area contributed by atoms with Gasteiger partial charge in [0.1, 0.15) is 11.0 Å². The first-order valence-electron chi connectivity index (χ1n) is 5.75. The number of rotatable bonds is 2. The molecule has 0 saturated carbocycles. The second kappa shape index (κ2) is 4.20.